The number of carbonyl (C=O) groups is 1. The second-order valence-electron chi connectivity index (χ2n) is 5.61. The number of rotatable bonds is 13. The van der Waals surface area contributed by atoms with Gasteiger partial charge < -0.3 is 4.90 Å². The number of amides is 1. The van der Waals surface area contributed by atoms with Crippen LogP contribution in [0.15, 0.2) is 0 Å². The third-order valence-corrected chi connectivity index (χ3v) is 3.58. The summed E-state index contributed by atoms with van der Waals surface area (Å²) in [6, 6.07) is 0. The van der Waals surface area contributed by atoms with Crippen molar-refractivity contribution >= 4 is 5.91 Å². The van der Waals surface area contributed by atoms with Crippen LogP contribution in [-0.2, 0) is 4.79 Å². The Morgan fingerprint density at radius 1 is 0.684 bits per heavy atom. The van der Waals surface area contributed by atoms with Crippen LogP contribution in [0.1, 0.15) is 91.4 Å². The molecule has 0 aromatic heterocycles. The van der Waals surface area contributed by atoms with E-state index in [0.29, 0.717) is 5.91 Å². The molecular formula is C17H35NO. The number of nitrogens with zero attached hydrogens (tertiary/aromatic N) is 1. The molecule has 19 heavy (non-hydrogen) atoms. The van der Waals surface area contributed by atoms with Gasteiger partial charge in [-0.3, -0.25) is 4.79 Å². The van der Waals surface area contributed by atoms with E-state index in [4.69, 9.17) is 0 Å². The van der Waals surface area contributed by atoms with Crippen LogP contribution < -0.4 is 0 Å². The molecule has 0 bridgehead atoms. The summed E-state index contributed by atoms with van der Waals surface area (Å²) >= 11 is 0. The molecule has 0 fully saturated rings. The highest BCUT2D eigenvalue weighted by molar-refractivity contribution is 5.76. The average Bonchev–Trinajstić information content (AvgIpc) is 2.41. The molecule has 0 saturated heterocycles. The van der Waals surface area contributed by atoms with Crippen LogP contribution in [0.2, 0.25) is 0 Å². The summed E-state index contributed by atoms with van der Waals surface area (Å²) in [7, 11) is 0. The van der Waals surface area contributed by atoms with Gasteiger partial charge in [0.25, 0.3) is 0 Å². The minimum atomic E-state index is 0.370. The van der Waals surface area contributed by atoms with Gasteiger partial charge in [0.2, 0.25) is 5.91 Å². The van der Waals surface area contributed by atoms with Gasteiger partial charge in [-0.05, 0) is 19.3 Å². The molecule has 0 aliphatic rings. The standard InChI is InChI=1S/C17H35NO/c1-4-7-8-9-10-11-12-13-14-17(19)18(15-5-2)16-6-3/h4-16H2,1-3H3. The smallest absolute Gasteiger partial charge is 0.222 e. The summed E-state index contributed by atoms with van der Waals surface area (Å²) in [6.45, 7) is 8.41. The van der Waals surface area contributed by atoms with Crippen LogP contribution in [0.25, 0.3) is 0 Å². The molecule has 0 atom stereocenters. The third-order valence-electron chi connectivity index (χ3n) is 3.58. The van der Waals surface area contributed by atoms with Gasteiger partial charge in [-0.25, -0.2) is 0 Å². The van der Waals surface area contributed by atoms with Gasteiger partial charge in [0.05, 0.1) is 0 Å². The number of carbonyl (C=O) groups excluding carboxylic acids is 1. The van der Waals surface area contributed by atoms with Gasteiger partial charge in [-0.15, -0.1) is 0 Å². The zero-order valence-electron chi connectivity index (χ0n) is 13.5. The first-order valence-electron chi connectivity index (χ1n) is 8.54. The highest BCUT2D eigenvalue weighted by atomic mass is 16.2. The Kier molecular flexibility index (Phi) is 13.5. The lowest BCUT2D eigenvalue weighted by molar-refractivity contribution is -0.131. The Balaban J connectivity index is 3.50. The van der Waals surface area contributed by atoms with Crippen molar-refractivity contribution in [1.82, 2.24) is 4.90 Å². The predicted molar refractivity (Wildman–Crippen MR) is 84.4 cm³/mol. The first-order chi connectivity index (χ1) is 9.26. The lowest BCUT2D eigenvalue weighted by Gasteiger charge is -2.21. The van der Waals surface area contributed by atoms with Crippen molar-refractivity contribution in [2.24, 2.45) is 0 Å². The number of unbranched alkanes of at least 4 members (excludes halogenated alkanes) is 7. The molecule has 2 heteroatoms. The van der Waals surface area contributed by atoms with E-state index in [9.17, 15) is 4.79 Å². The van der Waals surface area contributed by atoms with Gasteiger partial charge in [0.1, 0.15) is 0 Å². The minimum Gasteiger partial charge on any atom is -0.343 e. The average molecular weight is 269 g/mol. The van der Waals surface area contributed by atoms with Gasteiger partial charge in [0, 0.05) is 19.5 Å². The summed E-state index contributed by atoms with van der Waals surface area (Å²) in [5.41, 5.74) is 0. The largest absolute Gasteiger partial charge is 0.343 e. The highest BCUT2D eigenvalue weighted by Crippen LogP contribution is 2.10. The molecule has 0 radical (unpaired) electrons. The maximum absolute atomic E-state index is 12.0. The van der Waals surface area contributed by atoms with Crippen LogP contribution in [0.4, 0.5) is 0 Å². The van der Waals surface area contributed by atoms with Crippen molar-refractivity contribution in [2.45, 2.75) is 91.4 Å². The van der Waals surface area contributed by atoms with E-state index in [1.165, 1.54) is 44.9 Å². The SMILES string of the molecule is CCCCCCCCCCC(=O)N(CCC)CCC. The molecule has 0 aliphatic carbocycles. The van der Waals surface area contributed by atoms with E-state index in [1.54, 1.807) is 0 Å². The quantitative estimate of drug-likeness (QED) is 0.423. The molecule has 0 saturated carbocycles. The number of hydrogen-bond donors (Lipinski definition) is 0. The van der Waals surface area contributed by atoms with Crippen molar-refractivity contribution in [3.8, 4) is 0 Å². The second kappa shape index (κ2) is 13.9. The van der Waals surface area contributed by atoms with Gasteiger partial charge in [-0.2, -0.15) is 0 Å². The Morgan fingerprint density at radius 3 is 1.63 bits per heavy atom. The summed E-state index contributed by atoms with van der Waals surface area (Å²) in [5.74, 6) is 0.370. The predicted octanol–water partition coefficient (Wildman–Crippen LogP) is 5.17. The van der Waals surface area contributed by atoms with Crippen molar-refractivity contribution in [3.05, 3.63) is 0 Å². The maximum Gasteiger partial charge on any atom is 0.222 e. The van der Waals surface area contributed by atoms with Crippen molar-refractivity contribution in [3.63, 3.8) is 0 Å². The summed E-state index contributed by atoms with van der Waals surface area (Å²) in [6.07, 6.45) is 13.3. The molecule has 0 N–H and O–H groups in total. The van der Waals surface area contributed by atoms with E-state index in [1.807, 2.05) is 4.90 Å². The lowest BCUT2D eigenvalue weighted by atomic mass is 10.1. The molecule has 0 unspecified atom stereocenters. The molecule has 0 rings (SSSR count). The van der Waals surface area contributed by atoms with Crippen molar-refractivity contribution in [2.75, 3.05) is 13.1 Å². The van der Waals surface area contributed by atoms with E-state index in [2.05, 4.69) is 20.8 Å². The van der Waals surface area contributed by atoms with Gasteiger partial charge in [-0.1, -0.05) is 65.7 Å². The van der Waals surface area contributed by atoms with Crippen LogP contribution in [0.3, 0.4) is 0 Å². The Bertz CT molecular complexity index is 197. The molecule has 114 valence electrons. The monoisotopic (exact) mass is 269 g/mol. The molecular weight excluding hydrogens is 234 g/mol. The first-order valence-corrected chi connectivity index (χ1v) is 8.54. The van der Waals surface area contributed by atoms with Crippen LogP contribution in [-0.4, -0.2) is 23.9 Å². The van der Waals surface area contributed by atoms with E-state index in [-0.39, 0.29) is 0 Å². The topological polar surface area (TPSA) is 20.3 Å². The van der Waals surface area contributed by atoms with Crippen molar-refractivity contribution < 1.29 is 4.79 Å². The fourth-order valence-electron chi connectivity index (χ4n) is 2.47. The van der Waals surface area contributed by atoms with Crippen LogP contribution in [0.5, 0.6) is 0 Å². The van der Waals surface area contributed by atoms with E-state index in [0.717, 1.165) is 38.8 Å². The molecule has 0 heterocycles. The molecule has 1 amide bonds. The van der Waals surface area contributed by atoms with Crippen LogP contribution in [0, 0.1) is 0 Å². The number of hydrogen-bond acceptors (Lipinski definition) is 1. The Morgan fingerprint density at radius 2 is 1.16 bits per heavy atom. The lowest BCUT2D eigenvalue weighted by Crippen LogP contribution is -2.32. The van der Waals surface area contributed by atoms with E-state index < -0.39 is 0 Å². The van der Waals surface area contributed by atoms with Gasteiger partial charge >= 0.3 is 0 Å². The summed E-state index contributed by atoms with van der Waals surface area (Å²) in [4.78, 5) is 14.1. The fourth-order valence-corrected chi connectivity index (χ4v) is 2.47. The molecule has 0 aromatic carbocycles. The fraction of sp³-hybridized carbons (Fsp3) is 0.941. The van der Waals surface area contributed by atoms with Crippen LogP contribution >= 0.6 is 0 Å². The summed E-state index contributed by atoms with van der Waals surface area (Å²) in [5, 5.41) is 0. The molecule has 0 aromatic rings. The van der Waals surface area contributed by atoms with Gasteiger partial charge in [0.15, 0.2) is 0 Å². The zero-order chi connectivity index (χ0) is 14.3. The highest BCUT2D eigenvalue weighted by Gasteiger charge is 2.10. The molecule has 0 spiro atoms. The summed E-state index contributed by atoms with van der Waals surface area (Å²) < 4.78 is 0. The normalized spacial score (nSPS) is 10.7. The minimum absolute atomic E-state index is 0.370. The van der Waals surface area contributed by atoms with E-state index >= 15 is 0 Å². The molecule has 0 aliphatic heterocycles. The Hall–Kier alpha value is -0.530. The molecule has 2 nitrogen and oxygen atoms in total. The second-order valence-corrected chi connectivity index (χ2v) is 5.61. The zero-order valence-corrected chi connectivity index (χ0v) is 13.5. The maximum atomic E-state index is 12.0. The first kappa shape index (κ1) is 18.5. The van der Waals surface area contributed by atoms with Crippen molar-refractivity contribution in [1.29, 1.82) is 0 Å². The Labute approximate surface area is 120 Å². The third kappa shape index (κ3) is 11.0.